The van der Waals surface area contributed by atoms with Crippen LogP contribution >= 0.6 is 15.9 Å². The van der Waals surface area contributed by atoms with E-state index in [2.05, 4.69) is 26.3 Å². The lowest BCUT2D eigenvalue weighted by molar-refractivity contribution is -0.125. The quantitative estimate of drug-likeness (QED) is 0.694. The molecule has 0 spiro atoms. The molecule has 0 aromatic carbocycles. The number of halogens is 1. The van der Waals surface area contributed by atoms with Crippen LogP contribution in [0.3, 0.4) is 0 Å². The summed E-state index contributed by atoms with van der Waals surface area (Å²) < 4.78 is 18.7. The lowest BCUT2D eigenvalue weighted by Crippen LogP contribution is -2.36. The molecule has 0 aliphatic carbocycles. The maximum absolute atomic E-state index is 5.37. The number of nitrogens with one attached hydrogen (secondary N) is 1. The van der Waals surface area contributed by atoms with Gasteiger partial charge in [0.15, 0.2) is 6.29 Å². The summed E-state index contributed by atoms with van der Waals surface area (Å²) in [5.41, 5.74) is 0.993. The van der Waals surface area contributed by atoms with Crippen molar-refractivity contribution in [2.24, 2.45) is 0 Å². The van der Waals surface area contributed by atoms with Crippen molar-refractivity contribution in [2.75, 3.05) is 34.5 Å². The van der Waals surface area contributed by atoms with E-state index < -0.39 is 0 Å². The van der Waals surface area contributed by atoms with Crippen molar-refractivity contribution in [2.45, 2.75) is 25.8 Å². The number of hydrogen-bond donors (Lipinski definition) is 1. The molecule has 110 valence electrons. The molecule has 1 atom stereocenters. The van der Waals surface area contributed by atoms with Crippen molar-refractivity contribution < 1.29 is 14.2 Å². The van der Waals surface area contributed by atoms with Crippen molar-refractivity contribution in [3.05, 3.63) is 16.4 Å². The van der Waals surface area contributed by atoms with Gasteiger partial charge in [-0.3, -0.25) is 4.68 Å². The highest BCUT2D eigenvalue weighted by Crippen LogP contribution is 2.27. The minimum absolute atomic E-state index is 0.103. The Morgan fingerprint density at radius 2 is 2.05 bits per heavy atom. The average Bonchev–Trinajstić information content (AvgIpc) is 2.77. The molecule has 1 N–H and O–H groups in total. The van der Waals surface area contributed by atoms with Gasteiger partial charge in [0.1, 0.15) is 6.04 Å². The summed E-state index contributed by atoms with van der Waals surface area (Å²) in [5.74, 6) is 0. The lowest BCUT2D eigenvalue weighted by Gasteiger charge is -2.26. The topological polar surface area (TPSA) is 57.5 Å². The number of nitrogens with zero attached hydrogens (tertiary/aromatic N) is 2. The molecule has 1 aromatic rings. The standard InChI is InChI=1S/C12H22BrN3O3/c1-5-14-10(12(18-3)19-4)11-9(13)8-15-16(11)6-7-17-2/h8,10,12,14H,5-7H2,1-4H3. The predicted molar refractivity (Wildman–Crippen MR) is 76.0 cm³/mol. The Morgan fingerprint density at radius 1 is 1.37 bits per heavy atom. The zero-order valence-electron chi connectivity index (χ0n) is 11.9. The highest BCUT2D eigenvalue weighted by molar-refractivity contribution is 9.10. The van der Waals surface area contributed by atoms with Gasteiger partial charge in [-0.05, 0) is 22.5 Å². The highest BCUT2D eigenvalue weighted by Gasteiger charge is 2.27. The zero-order chi connectivity index (χ0) is 14.3. The van der Waals surface area contributed by atoms with E-state index in [1.165, 1.54) is 0 Å². The van der Waals surface area contributed by atoms with Crippen LogP contribution in [0.25, 0.3) is 0 Å². The smallest absolute Gasteiger partial charge is 0.177 e. The second-order valence-corrected chi connectivity index (χ2v) is 4.82. The monoisotopic (exact) mass is 335 g/mol. The molecule has 0 bridgehead atoms. The van der Waals surface area contributed by atoms with Gasteiger partial charge in [-0.25, -0.2) is 0 Å². The van der Waals surface area contributed by atoms with Crippen LogP contribution < -0.4 is 5.32 Å². The second kappa shape index (κ2) is 8.65. The summed E-state index contributed by atoms with van der Waals surface area (Å²) in [6.45, 7) is 4.12. The summed E-state index contributed by atoms with van der Waals surface area (Å²) in [5, 5.41) is 7.71. The largest absolute Gasteiger partial charge is 0.383 e. The summed E-state index contributed by atoms with van der Waals surface area (Å²) >= 11 is 3.53. The van der Waals surface area contributed by atoms with E-state index in [1.807, 2.05) is 11.6 Å². The van der Waals surface area contributed by atoms with Crippen LogP contribution in [0.15, 0.2) is 10.7 Å². The molecule has 6 nitrogen and oxygen atoms in total. The molecule has 0 aliphatic heterocycles. The van der Waals surface area contributed by atoms with Crippen LogP contribution in [-0.4, -0.2) is 50.6 Å². The third-order valence-corrected chi connectivity index (χ3v) is 3.41. The number of aromatic nitrogens is 2. The molecule has 0 saturated heterocycles. The third kappa shape index (κ3) is 4.25. The first-order valence-corrected chi connectivity index (χ1v) is 6.97. The number of methoxy groups -OCH3 is 3. The van der Waals surface area contributed by atoms with Gasteiger partial charge in [0.05, 0.1) is 29.5 Å². The fourth-order valence-electron chi connectivity index (χ4n) is 1.95. The van der Waals surface area contributed by atoms with Crippen LogP contribution in [0.4, 0.5) is 0 Å². The lowest BCUT2D eigenvalue weighted by atomic mass is 10.2. The number of hydrogen-bond acceptors (Lipinski definition) is 5. The number of rotatable bonds is 9. The molecular weight excluding hydrogens is 314 g/mol. The summed E-state index contributed by atoms with van der Waals surface area (Å²) in [4.78, 5) is 0. The van der Waals surface area contributed by atoms with Gasteiger partial charge < -0.3 is 19.5 Å². The second-order valence-electron chi connectivity index (χ2n) is 3.97. The highest BCUT2D eigenvalue weighted by atomic mass is 79.9. The molecule has 0 aliphatic rings. The van der Waals surface area contributed by atoms with Gasteiger partial charge in [0, 0.05) is 21.3 Å². The van der Waals surface area contributed by atoms with E-state index in [0.717, 1.165) is 16.7 Å². The average molecular weight is 336 g/mol. The third-order valence-electron chi connectivity index (χ3n) is 2.80. The van der Waals surface area contributed by atoms with Crippen LogP contribution in [-0.2, 0) is 20.8 Å². The van der Waals surface area contributed by atoms with E-state index in [-0.39, 0.29) is 12.3 Å². The van der Waals surface area contributed by atoms with Crippen LogP contribution in [0.1, 0.15) is 18.7 Å². The first kappa shape index (κ1) is 16.6. The maximum Gasteiger partial charge on any atom is 0.177 e. The van der Waals surface area contributed by atoms with Gasteiger partial charge in [0.2, 0.25) is 0 Å². The van der Waals surface area contributed by atoms with E-state index in [1.54, 1.807) is 27.5 Å². The summed E-state index contributed by atoms with van der Waals surface area (Å²) in [7, 11) is 4.93. The molecule has 1 heterocycles. The van der Waals surface area contributed by atoms with Gasteiger partial charge in [-0.15, -0.1) is 0 Å². The van der Waals surface area contributed by atoms with E-state index in [9.17, 15) is 0 Å². The molecule has 0 radical (unpaired) electrons. The molecule has 7 heteroatoms. The first-order valence-electron chi connectivity index (χ1n) is 6.18. The fourth-order valence-corrected chi connectivity index (χ4v) is 2.49. The molecule has 1 aromatic heterocycles. The number of ether oxygens (including phenoxy) is 3. The van der Waals surface area contributed by atoms with Gasteiger partial charge in [-0.1, -0.05) is 6.92 Å². The number of likely N-dealkylation sites (N-methyl/N-ethyl adjacent to an activating group) is 1. The van der Waals surface area contributed by atoms with E-state index >= 15 is 0 Å². The Morgan fingerprint density at radius 3 is 2.58 bits per heavy atom. The molecule has 0 amide bonds. The molecule has 19 heavy (non-hydrogen) atoms. The maximum atomic E-state index is 5.37. The minimum atomic E-state index is -0.380. The molecule has 1 rings (SSSR count). The van der Waals surface area contributed by atoms with Crippen LogP contribution in [0.5, 0.6) is 0 Å². The van der Waals surface area contributed by atoms with E-state index in [0.29, 0.717) is 13.2 Å². The van der Waals surface area contributed by atoms with Crippen LogP contribution in [0, 0.1) is 0 Å². The predicted octanol–water partition coefficient (Wildman–Crippen LogP) is 1.56. The first-order chi connectivity index (χ1) is 9.19. The van der Waals surface area contributed by atoms with Crippen molar-refractivity contribution in [1.29, 1.82) is 0 Å². The fraction of sp³-hybridized carbons (Fsp3) is 0.750. The van der Waals surface area contributed by atoms with Gasteiger partial charge in [0.25, 0.3) is 0 Å². The minimum Gasteiger partial charge on any atom is -0.383 e. The normalized spacial score (nSPS) is 13.2. The Kier molecular flexibility index (Phi) is 7.55. The summed E-state index contributed by atoms with van der Waals surface area (Å²) in [6, 6.07) is -0.103. The molecule has 0 saturated carbocycles. The zero-order valence-corrected chi connectivity index (χ0v) is 13.4. The van der Waals surface area contributed by atoms with Crippen molar-refractivity contribution in [3.63, 3.8) is 0 Å². The molecule has 0 fully saturated rings. The molecular formula is C12H22BrN3O3. The van der Waals surface area contributed by atoms with E-state index in [4.69, 9.17) is 14.2 Å². The van der Waals surface area contributed by atoms with Gasteiger partial charge in [-0.2, -0.15) is 5.10 Å². The molecule has 1 unspecified atom stereocenters. The SMILES string of the molecule is CCNC(c1c(Br)cnn1CCOC)C(OC)OC. The van der Waals surface area contributed by atoms with Crippen molar-refractivity contribution in [3.8, 4) is 0 Å². The van der Waals surface area contributed by atoms with Gasteiger partial charge >= 0.3 is 0 Å². The Balaban J connectivity index is 3.02. The van der Waals surface area contributed by atoms with Crippen LogP contribution in [0.2, 0.25) is 0 Å². The Bertz CT molecular complexity index is 369. The summed E-state index contributed by atoms with van der Waals surface area (Å²) in [6.07, 6.45) is 1.40. The Labute approximate surface area is 122 Å². The van der Waals surface area contributed by atoms with Crippen molar-refractivity contribution in [1.82, 2.24) is 15.1 Å². The van der Waals surface area contributed by atoms with Crippen molar-refractivity contribution >= 4 is 15.9 Å². The Hall–Kier alpha value is -0.470.